The first-order valence-electron chi connectivity index (χ1n) is 8.93. The highest BCUT2D eigenvalue weighted by molar-refractivity contribution is 7.89. The molecule has 142 valence electrons. The van der Waals surface area contributed by atoms with Crippen molar-refractivity contribution in [2.24, 2.45) is 5.73 Å². The van der Waals surface area contributed by atoms with Gasteiger partial charge in [0.05, 0.1) is 17.1 Å². The molecule has 1 aliphatic heterocycles. The van der Waals surface area contributed by atoms with Crippen LogP contribution in [0.15, 0.2) is 23.1 Å². The van der Waals surface area contributed by atoms with Crippen molar-refractivity contribution in [1.82, 2.24) is 4.31 Å². The van der Waals surface area contributed by atoms with Crippen molar-refractivity contribution in [3.8, 4) is 5.75 Å². The maximum absolute atomic E-state index is 12.9. The molecule has 1 aromatic carbocycles. The third-order valence-electron chi connectivity index (χ3n) is 4.25. The number of hydrogen-bond acceptors (Lipinski definition) is 5. The number of sulfonamides is 1. The van der Waals surface area contributed by atoms with E-state index in [4.69, 9.17) is 15.2 Å². The number of rotatable bonds is 8. The van der Waals surface area contributed by atoms with E-state index in [1.807, 2.05) is 20.8 Å². The Bertz CT molecular complexity index is 653. The molecule has 1 heterocycles. The molecule has 0 bridgehead atoms. The Kier molecular flexibility index (Phi) is 7.25. The fourth-order valence-corrected chi connectivity index (χ4v) is 4.45. The number of aryl methyl sites for hydroxylation is 1. The first-order valence-corrected chi connectivity index (χ1v) is 10.4. The van der Waals surface area contributed by atoms with Gasteiger partial charge in [-0.2, -0.15) is 4.31 Å². The van der Waals surface area contributed by atoms with Gasteiger partial charge in [0.2, 0.25) is 10.0 Å². The van der Waals surface area contributed by atoms with Crippen molar-refractivity contribution >= 4 is 10.0 Å². The van der Waals surface area contributed by atoms with Crippen LogP contribution < -0.4 is 10.5 Å². The van der Waals surface area contributed by atoms with Crippen LogP contribution in [0.2, 0.25) is 0 Å². The van der Waals surface area contributed by atoms with E-state index in [0.717, 1.165) is 30.6 Å². The minimum absolute atomic E-state index is 0.0551. The highest BCUT2D eigenvalue weighted by atomic mass is 32.2. The second kappa shape index (κ2) is 8.98. The van der Waals surface area contributed by atoms with Gasteiger partial charge in [0, 0.05) is 19.7 Å². The number of nitrogens with zero attached hydrogens (tertiary/aromatic N) is 1. The quantitative estimate of drug-likeness (QED) is 0.710. The lowest BCUT2D eigenvalue weighted by molar-refractivity contribution is 0.0209. The second-order valence-electron chi connectivity index (χ2n) is 6.71. The third-order valence-corrected chi connectivity index (χ3v) is 6.14. The molecule has 2 N–H and O–H groups in total. The fraction of sp³-hybridized carbons (Fsp3) is 0.667. The lowest BCUT2D eigenvalue weighted by atomic mass is 10.1. The molecule has 0 radical (unpaired) electrons. The molecule has 1 saturated heterocycles. The Hall–Kier alpha value is -1.15. The number of ether oxygens (including phenoxy) is 2. The summed E-state index contributed by atoms with van der Waals surface area (Å²) in [6.07, 6.45) is 2.46. The summed E-state index contributed by atoms with van der Waals surface area (Å²) in [5, 5.41) is 0. The smallest absolute Gasteiger partial charge is 0.243 e. The summed E-state index contributed by atoms with van der Waals surface area (Å²) in [5.41, 5.74) is 6.29. The van der Waals surface area contributed by atoms with Gasteiger partial charge in [0.25, 0.3) is 0 Å². The van der Waals surface area contributed by atoms with E-state index in [1.54, 1.807) is 22.5 Å². The van der Waals surface area contributed by atoms with E-state index < -0.39 is 10.0 Å². The van der Waals surface area contributed by atoms with Crippen LogP contribution in [0.4, 0.5) is 0 Å². The first kappa shape index (κ1) is 20.2. The van der Waals surface area contributed by atoms with E-state index in [2.05, 4.69) is 0 Å². The molecular weight excluding hydrogens is 340 g/mol. The molecule has 0 aromatic heterocycles. The van der Waals surface area contributed by atoms with Crippen LogP contribution >= 0.6 is 0 Å². The monoisotopic (exact) mass is 370 g/mol. The van der Waals surface area contributed by atoms with Crippen LogP contribution in [0.1, 0.15) is 38.7 Å². The molecule has 0 atom stereocenters. The molecule has 0 aliphatic carbocycles. The summed E-state index contributed by atoms with van der Waals surface area (Å²) < 4.78 is 38.7. The van der Waals surface area contributed by atoms with E-state index >= 15 is 0 Å². The van der Waals surface area contributed by atoms with Gasteiger partial charge in [0.15, 0.2) is 0 Å². The Balaban J connectivity index is 2.01. The van der Waals surface area contributed by atoms with E-state index in [-0.39, 0.29) is 12.2 Å². The largest absolute Gasteiger partial charge is 0.491 e. The Morgan fingerprint density at radius 3 is 2.52 bits per heavy atom. The van der Waals surface area contributed by atoms with Gasteiger partial charge in [0.1, 0.15) is 5.75 Å². The maximum Gasteiger partial charge on any atom is 0.243 e. The second-order valence-corrected chi connectivity index (χ2v) is 8.65. The van der Waals surface area contributed by atoms with Gasteiger partial charge in [-0.1, -0.05) is 0 Å². The predicted octanol–water partition coefficient (Wildman–Crippen LogP) is 2.30. The molecule has 1 aromatic rings. The summed E-state index contributed by atoms with van der Waals surface area (Å²) in [6.45, 7) is 7.99. The van der Waals surface area contributed by atoms with Crippen LogP contribution in [0.3, 0.4) is 0 Å². The SMILES string of the molecule is Cc1cc(S(=O)(=O)N2CCC(OCCCN)CC2)ccc1OC(C)C. The lowest BCUT2D eigenvalue weighted by Crippen LogP contribution is -2.41. The minimum atomic E-state index is -3.48. The summed E-state index contributed by atoms with van der Waals surface area (Å²) in [5.74, 6) is 0.723. The standard InChI is InChI=1S/C18H30N2O4S/c1-14(2)24-18-6-5-17(13-15(18)3)25(21,22)20-10-7-16(8-11-20)23-12-4-9-19/h5-6,13-14,16H,4,7-12,19H2,1-3H3. The van der Waals surface area contributed by atoms with E-state index in [1.165, 1.54) is 0 Å². The molecular formula is C18H30N2O4S. The van der Waals surface area contributed by atoms with Crippen molar-refractivity contribution in [3.63, 3.8) is 0 Å². The first-order chi connectivity index (χ1) is 11.8. The Morgan fingerprint density at radius 1 is 1.28 bits per heavy atom. The van der Waals surface area contributed by atoms with Crippen LogP contribution in [0.25, 0.3) is 0 Å². The van der Waals surface area contributed by atoms with Crippen molar-refractivity contribution in [2.45, 2.75) is 57.1 Å². The molecule has 0 amide bonds. The van der Waals surface area contributed by atoms with Crippen molar-refractivity contribution in [3.05, 3.63) is 23.8 Å². The molecule has 6 nitrogen and oxygen atoms in total. The highest BCUT2D eigenvalue weighted by Gasteiger charge is 2.30. The van der Waals surface area contributed by atoms with Gasteiger partial charge in [-0.05, 0) is 70.3 Å². The molecule has 0 spiro atoms. The van der Waals surface area contributed by atoms with Gasteiger partial charge >= 0.3 is 0 Å². The minimum Gasteiger partial charge on any atom is -0.491 e. The number of piperidine rings is 1. The zero-order valence-electron chi connectivity index (χ0n) is 15.4. The van der Waals surface area contributed by atoms with E-state index in [9.17, 15) is 8.42 Å². The summed E-state index contributed by atoms with van der Waals surface area (Å²) in [7, 11) is -3.48. The molecule has 1 aliphatic rings. The topological polar surface area (TPSA) is 81.9 Å². The Morgan fingerprint density at radius 2 is 1.96 bits per heavy atom. The fourth-order valence-electron chi connectivity index (χ4n) is 2.89. The zero-order chi connectivity index (χ0) is 18.4. The maximum atomic E-state index is 12.9. The molecule has 2 rings (SSSR count). The molecule has 0 saturated carbocycles. The number of benzene rings is 1. The van der Waals surface area contributed by atoms with Gasteiger partial charge in [-0.3, -0.25) is 0 Å². The average molecular weight is 371 g/mol. The van der Waals surface area contributed by atoms with Crippen LogP contribution in [0, 0.1) is 6.92 Å². The van der Waals surface area contributed by atoms with Crippen molar-refractivity contribution in [2.75, 3.05) is 26.2 Å². The van der Waals surface area contributed by atoms with E-state index in [0.29, 0.717) is 31.1 Å². The lowest BCUT2D eigenvalue weighted by Gasteiger charge is -2.31. The Labute approximate surface area is 151 Å². The summed E-state index contributed by atoms with van der Waals surface area (Å²) in [6, 6.07) is 5.06. The van der Waals surface area contributed by atoms with Crippen molar-refractivity contribution in [1.29, 1.82) is 0 Å². The summed E-state index contributed by atoms with van der Waals surface area (Å²) in [4.78, 5) is 0.323. The van der Waals surface area contributed by atoms with Crippen LogP contribution in [-0.4, -0.2) is 51.2 Å². The van der Waals surface area contributed by atoms with Gasteiger partial charge < -0.3 is 15.2 Å². The zero-order valence-corrected chi connectivity index (χ0v) is 16.2. The predicted molar refractivity (Wildman–Crippen MR) is 98.3 cm³/mol. The third kappa shape index (κ3) is 5.41. The molecule has 0 unspecified atom stereocenters. The van der Waals surface area contributed by atoms with Crippen LogP contribution in [-0.2, 0) is 14.8 Å². The molecule has 25 heavy (non-hydrogen) atoms. The van der Waals surface area contributed by atoms with Crippen LogP contribution in [0.5, 0.6) is 5.75 Å². The average Bonchev–Trinajstić information content (AvgIpc) is 2.57. The normalized spacial score (nSPS) is 17.2. The van der Waals surface area contributed by atoms with Gasteiger partial charge in [-0.25, -0.2) is 8.42 Å². The summed E-state index contributed by atoms with van der Waals surface area (Å²) >= 11 is 0. The highest BCUT2D eigenvalue weighted by Crippen LogP contribution is 2.27. The molecule has 1 fully saturated rings. The number of nitrogens with two attached hydrogens (primary N) is 1. The van der Waals surface area contributed by atoms with Gasteiger partial charge in [-0.15, -0.1) is 0 Å². The van der Waals surface area contributed by atoms with Crippen molar-refractivity contribution < 1.29 is 17.9 Å². The molecule has 7 heteroatoms. The number of hydrogen-bond donors (Lipinski definition) is 1.